The summed E-state index contributed by atoms with van der Waals surface area (Å²) in [6, 6.07) is 7.75. The first kappa shape index (κ1) is 9.77. The SMILES string of the molecule is O=C(O)/C=C/C1CCOc2ccccc21. The number of hydrogen-bond acceptors (Lipinski definition) is 2. The Bertz CT molecular complexity index is 396. The van der Waals surface area contributed by atoms with Crippen molar-refractivity contribution in [3.05, 3.63) is 42.0 Å². The lowest BCUT2D eigenvalue weighted by molar-refractivity contribution is -0.131. The predicted molar refractivity (Wildman–Crippen MR) is 56.1 cm³/mol. The summed E-state index contributed by atoms with van der Waals surface area (Å²) >= 11 is 0. The van der Waals surface area contributed by atoms with Gasteiger partial charge in [-0.2, -0.15) is 0 Å². The van der Waals surface area contributed by atoms with Gasteiger partial charge in [0.2, 0.25) is 0 Å². The number of benzene rings is 1. The van der Waals surface area contributed by atoms with Crippen molar-refractivity contribution in [2.24, 2.45) is 0 Å². The van der Waals surface area contributed by atoms with Crippen LogP contribution in [0.2, 0.25) is 0 Å². The Kier molecular flexibility index (Phi) is 2.72. The van der Waals surface area contributed by atoms with Gasteiger partial charge in [-0.15, -0.1) is 0 Å². The van der Waals surface area contributed by atoms with Crippen LogP contribution >= 0.6 is 0 Å². The third-order valence-corrected chi connectivity index (χ3v) is 2.48. The molecule has 0 fully saturated rings. The number of fused-ring (bicyclic) bond motifs is 1. The molecule has 1 heterocycles. The molecular weight excluding hydrogens is 192 g/mol. The molecule has 1 aromatic carbocycles. The van der Waals surface area contributed by atoms with Crippen LogP contribution in [0.3, 0.4) is 0 Å². The highest BCUT2D eigenvalue weighted by Gasteiger charge is 2.18. The van der Waals surface area contributed by atoms with E-state index < -0.39 is 5.97 Å². The van der Waals surface area contributed by atoms with E-state index in [-0.39, 0.29) is 5.92 Å². The minimum absolute atomic E-state index is 0.158. The predicted octanol–water partition coefficient (Wildman–Crippen LogP) is 2.19. The molecule has 0 amide bonds. The molecule has 0 aliphatic carbocycles. The van der Waals surface area contributed by atoms with Crippen molar-refractivity contribution in [2.75, 3.05) is 6.61 Å². The number of hydrogen-bond donors (Lipinski definition) is 1. The number of carbonyl (C=O) groups is 1. The molecule has 0 saturated carbocycles. The maximum atomic E-state index is 10.4. The van der Waals surface area contributed by atoms with Gasteiger partial charge in [-0.1, -0.05) is 24.3 Å². The average Bonchev–Trinajstić information content (AvgIpc) is 2.26. The molecule has 78 valence electrons. The van der Waals surface area contributed by atoms with Gasteiger partial charge in [-0.25, -0.2) is 4.79 Å². The van der Waals surface area contributed by atoms with Gasteiger partial charge >= 0.3 is 5.97 Å². The van der Waals surface area contributed by atoms with E-state index in [9.17, 15) is 4.79 Å². The molecule has 0 saturated heterocycles. The number of carboxylic acids is 1. The summed E-state index contributed by atoms with van der Waals surface area (Å²) in [6.45, 7) is 0.644. The maximum absolute atomic E-state index is 10.4. The molecule has 3 heteroatoms. The number of para-hydroxylation sites is 1. The van der Waals surface area contributed by atoms with Crippen LogP contribution in [0.15, 0.2) is 36.4 Å². The topological polar surface area (TPSA) is 46.5 Å². The third-order valence-electron chi connectivity index (χ3n) is 2.48. The minimum Gasteiger partial charge on any atom is -0.493 e. The standard InChI is InChI=1S/C12H12O3/c13-12(14)6-5-9-7-8-15-11-4-2-1-3-10(9)11/h1-6,9H,7-8H2,(H,13,14)/b6-5+. The Morgan fingerprint density at radius 1 is 1.47 bits per heavy atom. The van der Waals surface area contributed by atoms with Gasteiger partial charge in [0, 0.05) is 17.6 Å². The highest BCUT2D eigenvalue weighted by atomic mass is 16.5. The Balaban J connectivity index is 2.26. The Morgan fingerprint density at radius 2 is 2.27 bits per heavy atom. The quantitative estimate of drug-likeness (QED) is 0.751. The van der Waals surface area contributed by atoms with Gasteiger partial charge in [0.15, 0.2) is 0 Å². The van der Waals surface area contributed by atoms with Crippen LogP contribution in [0.5, 0.6) is 5.75 Å². The zero-order valence-electron chi connectivity index (χ0n) is 8.22. The van der Waals surface area contributed by atoms with Crippen LogP contribution in [-0.2, 0) is 4.79 Å². The van der Waals surface area contributed by atoms with Crippen LogP contribution in [0.25, 0.3) is 0 Å². The summed E-state index contributed by atoms with van der Waals surface area (Å²) in [4.78, 5) is 10.4. The molecule has 0 aromatic heterocycles. The highest BCUT2D eigenvalue weighted by molar-refractivity contribution is 5.79. The highest BCUT2D eigenvalue weighted by Crippen LogP contribution is 2.33. The molecule has 0 radical (unpaired) electrons. The van der Waals surface area contributed by atoms with E-state index in [1.54, 1.807) is 6.08 Å². The van der Waals surface area contributed by atoms with Gasteiger partial charge in [0.05, 0.1) is 6.61 Å². The molecule has 1 aromatic rings. The van der Waals surface area contributed by atoms with Crippen molar-refractivity contribution in [1.82, 2.24) is 0 Å². The Labute approximate surface area is 88.0 Å². The monoisotopic (exact) mass is 204 g/mol. The van der Waals surface area contributed by atoms with E-state index in [0.29, 0.717) is 6.61 Å². The number of aliphatic carboxylic acids is 1. The fourth-order valence-electron chi connectivity index (χ4n) is 1.77. The average molecular weight is 204 g/mol. The molecule has 0 bridgehead atoms. The van der Waals surface area contributed by atoms with Crippen LogP contribution in [-0.4, -0.2) is 17.7 Å². The zero-order valence-corrected chi connectivity index (χ0v) is 8.22. The van der Waals surface area contributed by atoms with Crippen molar-refractivity contribution >= 4 is 5.97 Å². The second-order valence-electron chi connectivity index (χ2n) is 3.48. The summed E-state index contributed by atoms with van der Waals surface area (Å²) in [5.74, 6) is 0.119. The van der Waals surface area contributed by atoms with Crippen molar-refractivity contribution in [1.29, 1.82) is 0 Å². The fourth-order valence-corrected chi connectivity index (χ4v) is 1.77. The Hall–Kier alpha value is -1.77. The Morgan fingerprint density at radius 3 is 3.07 bits per heavy atom. The second-order valence-corrected chi connectivity index (χ2v) is 3.48. The van der Waals surface area contributed by atoms with Crippen molar-refractivity contribution in [2.45, 2.75) is 12.3 Å². The molecule has 1 aliphatic heterocycles. The summed E-state index contributed by atoms with van der Waals surface area (Å²) < 4.78 is 5.48. The number of allylic oxidation sites excluding steroid dienone is 1. The zero-order chi connectivity index (χ0) is 10.7. The van der Waals surface area contributed by atoms with Crippen LogP contribution in [0, 0.1) is 0 Å². The van der Waals surface area contributed by atoms with Gasteiger partial charge in [0.25, 0.3) is 0 Å². The van der Waals surface area contributed by atoms with Gasteiger partial charge in [-0.05, 0) is 12.5 Å². The van der Waals surface area contributed by atoms with Crippen LogP contribution in [0.1, 0.15) is 17.9 Å². The molecule has 1 aliphatic rings. The molecule has 0 spiro atoms. The summed E-state index contributed by atoms with van der Waals surface area (Å²) in [5, 5.41) is 8.57. The van der Waals surface area contributed by atoms with E-state index in [2.05, 4.69) is 0 Å². The van der Waals surface area contributed by atoms with Crippen molar-refractivity contribution < 1.29 is 14.6 Å². The molecular formula is C12H12O3. The van der Waals surface area contributed by atoms with Crippen LogP contribution in [0.4, 0.5) is 0 Å². The van der Waals surface area contributed by atoms with Gasteiger partial charge < -0.3 is 9.84 Å². The van der Waals surface area contributed by atoms with Gasteiger partial charge in [0.1, 0.15) is 5.75 Å². The summed E-state index contributed by atoms with van der Waals surface area (Å²) in [6.07, 6.45) is 3.76. The number of carboxylic acid groups (broad SMARTS) is 1. The number of rotatable bonds is 2. The first-order valence-electron chi connectivity index (χ1n) is 4.90. The van der Waals surface area contributed by atoms with E-state index in [0.717, 1.165) is 17.7 Å². The van der Waals surface area contributed by atoms with Gasteiger partial charge in [-0.3, -0.25) is 0 Å². The van der Waals surface area contributed by atoms with E-state index in [1.807, 2.05) is 24.3 Å². The largest absolute Gasteiger partial charge is 0.493 e. The summed E-state index contributed by atoms with van der Waals surface area (Å²) in [7, 11) is 0. The fraction of sp³-hybridized carbons (Fsp3) is 0.250. The van der Waals surface area contributed by atoms with Crippen molar-refractivity contribution in [3.8, 4) is 5.75 Å². The minimum atomic E-state index is -0.904. The third kappa shape index (κ3) is 2.18. The molecule has 1 atom stereocenters. The smallest absolute Gasteiger partial charge is 0.327 e. The maximum Gasteiger partial charge on any atom is 0.327 e. The molecule has 2 rings (SSSR count). The summed E-state index contributed by atoms with van der Waals surface area (Å²) in [5.41, 5.74) is 1.07. The molecule has 1 unspecified atom stereocenters. The first-order chi connectivity index (χ1) is 7.27. The lowest BCUT2D eigenvalue weighted by Crippen LogP contribution is -2.12. The first-order valence-corrected chi connectivity index (χ1v) is 4.90. The normalized spacial score (nSPS) is 19.6. The lowest BCUT2D eigenvalue weighted by atomic mass is 9.93. The van der Waals surface area contributed by atoms with E-state index >= 15 is 0 Å². The van der Waals surface area contributed by atoms with E-state index in [1.165, 1.54) is 6.08 Å². The van der Waals surface area contributed by atoms with Crippen molar-refractivity contribution in [3.63, 3.8) is 0 Å². The van der Waals surface area contributed by atoms with Crippen LogP contribution < -0.4 is 4.74 Å². The van der Waals surface area contributed by atoms with E-state index in [4.69, 9.17) is 9.84 Å². The second kappa shape index (κ2) is 4.17. The molecule has 3 nitrogen and oxygen atoms in total. The number of ether oxygens (including phenoxy) is 1. The lowest BCUT2D eigenvalue weighted by Gasteiger charge is -2.23. The molecule has 1 N–H and O–H groups in total. The molecule has 15 heavy (non-hydrogen) atoms.